The molecule has 4 heteroatoms. The lowest BCUT2D eigenvalue weighted by molar-refractivity contribution is 0.351. The molecule has 0 saturated heterocycles. The van der Waals surface area contributed by atoms with Crippen LogP contribution in [0.1, 0.15) is 11.3 Å². The van der Waals surface area contributed by atoms with E-state index < -0.39 is 0 Å². The third-order valence-electron chi connectivity index (χ3n) is 4.93. The number of aromatic nitrogens is 1. The van der Waals surface area contributed by atoms with Gasteiger partial charge in [0.2, 0.25) is 0 Å². The third-order valence-corrected chi connectivity index (χ3v) is 4.93. The first-order valence-electron chi connectivity index (χ1n) is 8.34. The van der Waals surface area contributed by atoms with Gasteiger partial charge < -0.3 is 14.2 Å². The Morgan fingerprint density at radius 3 is 2.42 bits per heavy atom. The number of halogens is 1. The first-order valence-corrected chi connectivity index (χ1v) is 8.34. The molecular weight excluding hydrogens is 303 g/mol. The van der Waals surface area contributed by atoms with E-state index in [-0.39, 0.29) is 5.82 Å². The SMILES string of the molecule is CN1CCc2c(n(C)c3cc(Oc4ccc(F)cc4)ccc23)CC1. The van der Waals surface area contributed by atoms with Crippen molar-refractivity contribution in [2.24, 2.45) is 7.05 Å². The lowest BCUT2D eigenvalue weighted by Crippen LogP contribution is -2.21. The Bertz CT molecular complexity index is 883. The number of aryl methyl sites for hydroxylation is 1. The van der Waals surface area contributed by atoms with Crippen LogP contribution in [0.15, 0.2) is 42.5 Å². The Balaban J connectivity index is 1.71. The van der Waals surface area contributed by atoms with E-state index in [1.165, 1.54) is 34.3 Å². The van der Waals surface area contributed by atoms with Gasteiger partial charge in [0.05, 0.1) is 5.52 Å². The van der Waals surface area contributed by atoms with Crippen molar-refractivity contribution in [3.05, 3.63) is 59.5 Å². The molecule has 4 rings (SSSR count). The smallest absolute Gasteiger partial charge is 0.129 e. The largest absolute Gasteiger partial charge is 0.457 e. The Hall–Kier alpha value is -2.33. The molecule has 3 aromatic rings. The van der Waals surface area contributed by atoms with E-state index in [4.69, 9.17) is 4.74 Å². The van der Waals surface area contributed by atoms with Crippen LogP contribution < -0.4 is 4.74 Å². The molecule has 2 aromatic carbocycles. The summed E-state index contributed by atoms with van der Waals surface area (Å²) in [5.74, 6) is 1.17. The number of ether oxygens (including phenoxy) is 1. The van der Waals surface area contributed by atoms with Gasteiger partial charge >= 0.3 is 0 Å². The predicted molar refractivity (Wildman–Crippen MR) is 94.3 cm³/mol. The highest BCUT2D eigenvalue weighted by atomic mass is 19.1. The number of benzene rings is 2. The summed E-state index contributed by atoms with van der Waals surface area (Å²) < 4.78 is 21.2. The van der Waals surface area contributed by atoms with Crippen molar-refractivity contribution in [1.82, 2.24) is 9.47 Å². The van der Waals surface area contributed by atoms with Crippen LogP contribution in [0.5, 0.6) is 11.5 Å². The Morgan fingerprint density at radius 2 is 1.62 bits per heavy atom. The molecule has 0 aliphatic carbocycles. The minimum absolute atomic E-state index is 0.256. The summed E-state index contributed by atoms with van der Waals surface area (Å²) in [6, 6.07) is 12.4. The summed E-state index contributed by atoms with van der Waals surface area (Å²) in [6.45, 7) is 2.19. The summed E-state index contributed by atoms with van der Waals surface area (Å²) >= 11 is 0. The molecule has 24 heavy (non-hydrogen) atoms. The van der Waals surface area contributed by atoms with Crippen molar-refractivity contribution in [3.8, 4) is 11.5 Å². The fourth-order valence-electron chi connectivity index (χ4n) is 3.56. The number of hydrogen-bond acceptors (Lipinski definition) is 2. The molecule has 0 radical (unpaired) electrons. The monoisotopic (exact) mass is 324 g/mol. The molecule has 0 saturated carbocycles. The van der Waals surface area contributed by atoms with E-state index in [9.17, 15) is 4.39 Å². The molecule has 0 spiro atoms. The standard InChI is InChI=1S/C20H21FN2O/c1-22-11-9-18-17-8-7-16(24-15-5-3-14(21)4-6-15)13-20(17)23(2)19(18)10-12-22/h3-8,13H,9-12H2,1-2H3. The molecular formula is C20H21FN2O. The molecule has 0 atom stereocenters. The average Bonchev–Trinajstić information content (AvgIpc) is 2.71. The normalized spacial score (nSPS) is 15.3. The molecule has 0 bridgehead atoms. The highest BCUT2D eigenvalue weighted by Gasteiger charge is 2.19. The molecule has 0 fully saturated rings. The molecule has 124 valence electrons. The zero-order valence-electron chi connectivity index (χ0n) is 14.1. The van der Waals surface area contributed by atoms with E-state index in [0.717, 1.165) is 31.7 Å². The summed E-state index contributed by atoms with van der Waals surface area (Å²) in [7, 11) is 4.32. The van der Waals surface area contributed by atoms with Gasteiger partial charge in [0, 0.05) is 43.7 Å². The number of nitrogens with zero attached hydrogens (tertiary/aromatic N) is 2. The maximum Gasteiger partial charge on any atom is 0.129 e. The quantitative estimate of drug-likeness (QED) is 0.705. The van der Waals surface area contributed by atoms with Gasteiger partial charge in [-0.15, -0.1) is 0 Å². The minimum atomic E-state index is -0.256. The van der Waals surface area contributed by atoms with Gasteiger partial charge in [0.25, 0.3) is 0 Å². The van der Waals surface area contributed by atoms with Crippen LogP contribution in [0.2, 0.25) is 0 Å². The van der Waals surface area contributed by atoms with E-state index in [0.29, 0.717) is 5.75 Å². The molecule has 3 nitrogen and oxygen atoms in total. The van der Waals surface area contributed by atoms with Crippen LogP contribution in [0.3, 0.4) is 0 Å². The van der Waals surface area contributed by atoms with Gasteiger partial charge in [-0.05, 0) is 55.4 Å². The molecule has 0 N–H and O–H groups in total. The topological polar surface area (TPSA) is 17.4 Å². The molecule has 1 aliphatic heterocycles. The molecule has 2 heterocycles. The highest BCUT2D eigenvalue weighted by molar-refractivity contribution is 5.87. The Morgan fingerprint density at radius 1 is 0.917 bits per heavy atom. The Kier molecular flexibility index (Phi) is 3.77. The predicted octanol–water partition coefficient (Wildman–Crippen LogP) is 4.14. The summed E-state index contributed by atoms with van der Waals surface area (Å²) in [6.07, 6.45) is 2.16. The van der Waals surface area contributed by atoms with Crippen LogP contribution >= 0.6 is 0 Å². The third kappa shape index (κ3) is 2.67. The van der Waals surface area contributed by atoms with Gasteiger partial charge in [0.15, 0.2) is 0 Å². The number of rotatable bonds is 2. The van der Waals surface area contributed by atoms with E-state index >= 15 is 0 Å². The zero-order chi connectivity index (χ0) is 16.7. The van der Waals surface area contributed by atoms with Crippen LogP contribution in [-0.2, 0) is 19.9 Å². The highest BCUT2D eigenvalue weighted by Crippen LogP contribution is 2.32. The van der Waals surface area contributed by atoms with Crippen LogP contribution in [-0.4, -0.2) is 29.6 Å². The summed E-state index contributed by atoms with van der Waals surface area (Å²) in [5.41, 5.74) is 4.09. The minimum Gasteiger partial charge on any atom is -0.457 e. The van der Waals surface area contributed by atoms with Gasteiger partial charge in [-0.1, -0.05) is 0 Å². The maximum absolute atomic E-state index is 13.0. The fourth-order valence-corrected chi connectivity index (χ4v) is 3.56. The second-order valence-electron chi connectivity index (χ2n) is 6.52. The van der Waals surface area contributed by atoms with Crippen LogP contribution in [0, 0.1) is 5.82 Å². The van der Waals surface area contributed by atoms with Crippen molar-refractivity contribution in [1.29, 1.82) is 0 Å². The van der Waals surface area contributed by atoms with Crippen molar-refractivity contribution in [2.75, 3.05) is 20.1 Å². The maximum atomic E-state index is 13.0. The first-order chi connectivity index (χ1) is 11.6. The molecule has 1 aliphatic rings. The van der Waals surface area contributed by atoms with Crippen LogP contribution in [0.4, 0.5) is 4.39 Å². The lowest BCUT2D eigenvalue weighted by Gasteiger charge is -2.12. The molecule has 0 unspecified atom stereocenters. The van der Waals surface area contributed by atoms with Crippen LogP contribution in [0.25, 0.3) is 10.9 Å². The second kappa shape index (κ2) is 5.95. The fraction of sp³-hybridized carbons (Fsp3) is 0.300. The number of fused-ring (bicyclic) bond motifs is 3. The second-order valence-corrected chi connectivity index (χ2v) is 6.52. The first kappa shape index (κ1) is 15.2. The van der Waals surface area contributed by atoms with Gasteiger partial charge in [-0.25, -0.2) is 4.39 Å². The summed E-state index contributed by atoms with van der Waals surface area (Å²) in [4.78, 5) is 2.39. The lowest BCUT2D eigenvalue weighted by atomic mass is 10.1. The molecule has 1 aromatic heterocycles. The van der Waals surface area contributed by atoms with E-state index in [1.807, 2.05) is 6.07 Å². The van der Waals surface area contributed by atoms with Crippen molar-refractivity contribution < 1.29 is 9.13 Å². The van der Waals surface area contributed by atoms with Crippen molar-refractivity contribution in [2.45, 2.75) is 12.8 Å². The van der Waals surface area contributed by atoms with E-state index in [1.54, 1.807) is 12.1 Å². The van der Waals surface area contributed by atoms with Gasteiger partial charge in [0.1, 0.15) is 17.3 Å². The average molecular weight is 324 g/mol. The zero-order valence-corrected chi connectivity index (χ0v) is 14.1. The van der Waals surface area contributed by atoms with Crippen molar-refractivity contribution in [3.63, 3.8) is 0 Å². The number of likely N-dealkylation sites (N-methyl/N-ethyl adjacent to an activating group) is 1. The van der Waals surface area contributed by atoms with Gasteiger partial charge in [-0.2, -0.15) is 0 Å². The number of hydrogen-bond donors (Lipinski definition) is 0. The molecule has 0 amide bonds. The van der Waals surface area contributed by atoms with E-state index in [2.05, 4.69) is 35.7 Å². The van der Waals surface area contributed by atoms with Gasteiger partial charge in [-0.3, -0.25) is 0 Å². The summed E-state index contributed by atoms with van der Waals surface area (Å²) in [5, 5.41) is 1.31. The van der Waals surface area contributed by atoms with Crippen molar-refractivity contribution >= 4 is 10.9 Å². The Labute approximate surface area is 141 Å².